The summed E-state index contributed by atoms with van der Waals surface area (Å²) in [5.41, 5.74) is 0.793. The van der Waals surface area contributed by atoms with Crippen LogP contribution in [-0.2, 0) is 22.7 Å². The lowest BCUT2D eigenvalue weighted by Crippen LogP contribution is -2.26. The summed E-state index contributed by atoms with van der Waals surface area (Å²) in [5, 5.41) is 8.54. The molecular formula is C24H25ClN6O3S2. The van der Waals surface area contributed by atoms with Crippen LogP contribution in [0.15, 0.2) is 53.2 Å². The number of aromatic nitrogens is 3. The summed E-state index contributed by atoms with van der Waals surface area (Å²) >= 11 is 8.93. The van der Waals surface area contributed by atoms with Gasteiger partial charge in [-0.25, -0.2) is 14.8 Å². The van der Waals surface area contributed by atoms with Crippen LogP contribution in [0.4, 0.5) is 16.3 Å². The molecule has 12 heteroatoms. The maximum absolute atomic E-state index is 12.6. The van der Waals surface area contributed by atoms with E-state index >= 15 is 0 Å². The number of carbonyl (C=O) groups excluding carboxylic acids is 2. The Balaban J connectivity index is 1.50. The molecule has 2 N–H and O–H groups in total. The number of esters is 1. The van der Waals surface area contributed by atoms with E-state index in [4.69, 9.17) is 16.3 Å². The minimum atomic E-state index is -0.644. The summed E-state index contributed by atoms with van der Waals surface area (Å²) in [7, 11) is 0. The molecule has 0 radical (unpaired) electrons. The normalized spacial score (nSPS) is 12.1. The highest BCUT2D eigenvalue weighted by atomic mass is 35.5. The number of urea groups is 1. The van der Waals surface area contributed by atoms with Crippen LogP contribution < -0.4 is 15.4 Å². The van der Waals surface area contributed by atoms with Crippen molar-refractivity contribution in [3.05, 3.63) is 62.9 Å². The van der Waals surface area contributed by atoms with Gasteiger partial charge in [0.2, 0.25) is 0 Å². The molecule has 0 aliphatic carbocycles. The van der Waals surface area contributed by atoms with Crippen molar-refractivity contribution in [2.45, 2.75) is 33.9 Å². The molecular weight excluding hydrogens is 520 g/mol. The van der Waals surface area contributed by atoms with Gasteiger partial charge in [-0.05, 0) is 50.4 Å². The lowest BCUT2D eigenvalue weighted by molar-refractivity contribution is -0.157. The van der Waals surface area contributed by atoms with Gasteiger partial charge in [0, 0.05) is 34.7 Å². The van der Waals surface area contributed by atoms with E-state index in [1.54, 1.807) is 60.9 Å². The van der Waals surface area contributed by atoms with Gasteiger partial charge in [0.15, 0.2) is 11.5 Å². The molecule has 0 unspecified atom stereocenters. The van der Waals surface area contributed by atoms with Crippen LogP contribution in [0.5, 0.6) is 0 Å². The van der Waals surface area contributed by atoms with Crippen molar-refractivity contribution in [2.24, 2.45) is 10.4 Å². The van der Waals surface area contributed by atoms with Crippen molar-refractivity contribution < 1.29 is 14.3 Å². The molecule has 2 amide bonds. The Morgan fingerprint density at radius 3 is 2.83 bits per heavy atom. The number of amides is 2. The van der Waals surface area contributed by atoms with Crippen LogP contribution in [0.1, 0.15) is 25.6 Å². The molecule has 188 valence electrons. The number of nitrogens with one attached hydrogen (secondary N) is 2. The Morgan fingerprint density at radius 2 is 2.06 bits per heavy atom. The van der Waals surface area contributed by atoms with Crippen LogP contribution in [0.2, 0.25) is 5.02 Å². The first-order chi connectivity index (χ1) is 17.2. The van der Waals surface area contributed by atoms with Gasteiger partial charge in [-0.15, -0.1) is 22.7 Å². The van der Waals surface area contributed by atoms with Crippen molar-refractivity contribution in [1.29, 1.82) is 0 Å². The molecule has 9 nitrogen and oxygen atoms in total. The molecule has 3 aromatic heterocycles. The molecule has 1 aromatic carbocycles. The summed E-state index contributed by atoms with van der Waals surface area (Å²) in [6.07, 6.45) is 4.03. The molecule has 0 saturated heterocycles. The highest BCUT2D eigenvalue weighted by molar-refractivity contribution is 7.17. The number of rotatable bonds is 7. The second kappa shape index (κ2) is 11.2. The Bertz CT molecular complexity index is 1450. The summed E-state index contributed by atoms with van der Waals surface area (Å²) < 4.78 is 8.12. The van der Waals surface area contributed by atoms with Crippen molar-refractivity contribution in [3.63, 3.8) is 0 Å². The van der Waals surface area contributed by atoms with Crippen LogP contribution >= 0.6 is 34.3 Å². The SMILES string of the molecule is CC(C)(C)C(=O)OCn1cc(CCNc2ncnc3ccsc23)s/c1=N\C(=O)Nc1cccc(Cl)c1. The fourth-order valence-electron chi connectivity index (χ4n) is 3.09. The highest BCUT2D eigenvalue weighted by Crippen LogP contribution is 2.24. The first kappa shape index (κ1) is 25.8. The van der Waals surface area contributed by atoms with Gasteiger partial charge in [0.05, 0.1) is 15.6 Å². The lowest BCUT2D eigenvalue weighted by Gasteiger charge is -2.16. The number of nitrogens with zero attached hydrogens (tertiary/aromatic N) is 4. The molecule has 0 aliphatic rings. The van der Waals surface area contributed by atoms with Crippen molar-refractivity contribution in [3.8, 4) is 0 Å². The van der Waals surface area contributed by atoms with E-state index in [-0.39, 0.29) is 12.7 Å². The van der Waals surface area contributed by atoms with Gasteiger partial charge < -0.3 is 15.4 Å². The van der Waals surface area contributed by atoms with Crippen LogP contribution in [0.3, 0.4) is 0 Å². The van der Waals surface area contributed by atoms with Gasteiger partial charge in [-0.1, -0.05) is 17.7 Å². The fraction of sp³-hybridized carbons (Fsp3) is 0.292. The molecule has 0 atom stereocenters. The van der Waals surface area contributed by atoms with Gasteiger partial charge in [0.25, 0.3) is 0 Å². The lowest BCUT2D eigenvalue weighted by atomic mass is 9.98. The highest BCUT2D eigenvalue weighted by Gasteiger charge is 2.23. The Kier molecular flexibility index (Phi) is 8.02. The third-order valence-electron chi connectivity index (χ3n) is 4.90. The van der Waals surface area contributed by atoms with E-state index in [0.717, 1.165) is 20.9 Å². The predicted octanol–water partition coefficient (Wildman–Crippen LogP) is 5.54. The zero-order valence-electron chi connectivity index (χ0n) is 19.9. The Hall–Kier alpha value is -3.28. The number of benzene rings is 1. The molecule has 4 aromatic rings. The number of hydrogen-bond donors (Lipinski definition) is 2. The molecule has 36 heavy (non-hydrogen) atoms. The third kappa shape index (κ3) is 6.68. The van der Waals surface area contributed by atoms with E-state index in [1.165, 1.54) is 17.7 Å². The number of anilines is 2. The monoisotopic (exact) mass is 544 g/mol. The number of fused-ring (bicyclic) bond motifs is 1. The Morgan fingerprint density at radius 1 is 1.22 bits per heavy atom. The molecule has 4 rings (SSSR count). The van der Waals surface area contributed by atoms with Crippen LogP contribution in [0.25, 0.3) is 10.2 Å². The minimum absolute atomic E-state index is 0.0506. The van der Waals surface area contributed by atoms with E-state index in [9.17, 15) is 9.59 Å². The van der Waals surface area contributed by atoms with E-state index < -0.39 is 11.4 Å². The average molecular weight is 545 g/mol. The molecule has 0 spiro atoms. The maximum atomic E-state index is 12.6. The second-order valence-corrected chi connectivity index (χ2v) is 11.3. The van der Waals surface area contributed by atoms with Gasteiger partial charge >= 0.3 is 12.0 Å². The molecule has 0 fully saturated rings. The summed E-state index contributed by atoms with van der Waals surface area (Å²) in [6, 6.07) is 8.22. The second-order valence-electron chi connectivity index (χ2n) is 8.85. The van der Waals surface area contributed by atoms with E-state index in [0.29, 0.717) is 28.5 Å². The Labute approximate surface area is 220 Å². The van der Waals surface area contributed by atoms with Crippen LogP contribution in [0, 0.1) is 5.41 Å². The average Bonchev–Trinajstić information content (AvgIpc) is 3.44. The number of halogens is 1. The van der Waals surface area contributed by atoms with Crippen molar-refractivity contribution in [1.82, 2.24) is 14.5 Å². The zero-order valence-corrected chi connectivity index (χ0v) is 22.3. The standard InChI is InChI=1S/C24H25ClN6O3S2/c1-24(2,3)21(32)34-14-31-12-17(7-9-26-20-19-18(8-10-35-19)27-13-28-20)36-23(31)30-22(33)29-16-6-4-5-15(25)11-16/h4-6,8,10-13H,7,9,14H2,1-3H3,(H,29,33)(H,26,27,28)/b30-23-. The summed E-state index contributed by atoms with van der Waals surface area (Å²) in [5.74, 6) is 0.437. The number of thiophene rings is 1. The van der Waals surface area contributed by atoms with Gasteiger partial charge in [-0.2, -0.15) is 4.99 Å². The first-order valence-electron chi connectivity index (χ1n) is 11.1. The van der Waals surface area contributed by atoms with Crippen molar-refractivity contribution in [2.75, 3.05) is 17.2 Å². The summed E-state index contributed by atoms with van der Waals surface area (Å²) in [6.45, 7) is 5.91. The number of thiazole rings is 1. The van der Waals surface area contributed by atoms with Crippen LogP contribution in [-0.4, -0.2) is 33.1 Å². The topological polar surface area (TPSA) is 110 Å². The fourth-order valence-corrected chi connectivity index (χ4v) is 5.07. The predicted molar refractivity (Wildman–Crippen MR) is 143 cm³/mol. The largest absolute Gasteiger partial charge is 0.443 e. The molecule has 0 aliphatic heterocycles. The van der Waals surface area contributed by atoms with Gasteiger partial charge in [0.1, 0.15) is 12.1 Å². The van der Waals surface area contributed by atoms with Crippen molar-refractivity contribution >= 4 is 68.0 Å². The zero-order chi connectivity index (χ0) is 25.7. The third-order valence-corrected chi connectivity index (χ3v) is 7.12. The van der Waals surface area contributed by atoms with E-state index in [1.807, 2.05) is 17.6 Å². The molecule has 0 bridgehead atoms. The number of carbonyl (C=O) groups is 2. The summed E-state index contributed by atoms with van der Waals surface area (Å²) in [4.78, 5) is 39.0. The smallest absolute Gasteiger partial charge is 0.348 e. The molecule has 0 saturated carbocycles. The number of ether oxygens (including phenoxy) is 1. The quantitative estimate of drug-likeness (QED) is 0.295. The maximum Gasteiger partial charge on any atom is 0.348 e. The van der Waals surface area contributed by atoms with E-state index in [2.05, 4.69) is 25.6 Å². The number of hydrogen-bond acceptors (Lipinski definition) is 8. The van der Waals surface area contributed by atoms with Gasteiger partial charge in [-0.3, -0.25) is 9.36 Å². The molecule has 3 heterocycles. The first-order valence-corrected chi connectivity index (χ1v) is 13.2. The minimum Gasteiger partial charge on any atom is -0.443 e.